The highest BCUT2D eigenvalue weighted by atomic mass is 35.5. The number of thioether (sulfide) groups is 1. The van der Waals surface area contributed by atoms with Gasteiger partial charge in [-0.05, 0) is 53.4 Å². The summed E-state index contributed by atoms with van der Waals surface area (Å²) in [5, 5.41) is 13.2. The fourth-order valence-electron chi connectivity index (χ4n) is 3.59. The molecule has 0 fully saturated rings. The molecule has 0 saturated heterocycles. The number of carbonyl (C=O) groups is 1. The summed E-state index contributed by atoms with van der Waals surface area (Å²) in [6, 6.07) is 19.3. The van der Waals surface area contributed by atoms with Gasteiger partial charge in [-0.2, -0.15) is 0 Å². The van der Waals surface area contributed by atoms with Crippen molar-refractivity contribution in [1.29, 1.82) is 0 Å². The third-order valence-electron chi connectivity index (χ3n) is 5.34. The molecule has 5 nitrogen and oxygen atoms in total. The quantitative estimate of drug-likeness (QED) is 0.252. The largest absolute Gasteiger partial charge is 0.351 e. The first-order valence-corrected chi connectivity index (χ1v) is 12.7. The first-order chi connectivity index (χ1) is 16.8. The second-order valence-corrected chi connectivity index (χ2v) is 9.96. The van der Waals surface area contributed by atoms with Gasteiger partial charge < -0.3 is 5.32 Å². The van der Waals surface area contributed by atoms with E-state index in [2.05, 4.69) is 35.4 Å². The number of aromatic nitrogens is 3. The molecule has 1 amide bonds. The lowest BCUT2D eigenvalue weighted by Crippen LogP contribution is -2.24. The minimum Gasteiger partial charge on any atom is -0.351 e. The normalized spacial score (nSPS) is 11.1. The number of para-hydroxylation sites is 1. The number of halogens is 3. The van der Waals surface area contributed by atoms with Crippen molar-refractivity contribution >= 4 is 40.9 Å². The molecular weight excluding hydrogens is 506 g/mol. The number of hydrogen-bond acceptors (Lipinski definition) is 4. The summed E-state index contributed by atoms with van der Waals surface area (Å²) in [5.41, 5.74) is 3.54. The maximum Gasteiger partial charge on any atom is 0.230 e. The Morgan fingerprint density at radius 3 is 2.51 bits per heavy atom. The summed E-state index contributed by atoms with van der Waals surface area (Å²) >= 11 is 13.9. The van der Waals surface area contributed by atoms with Crippen LogP contribution in [-0.4, -0.2) is 26.4 Å². The van der Waals surface area contributed by atoms with Crippen molar-refractivity contribution in [2.75, 3.05) is 5.75 Å². The van der Waals surface area contributed by atoms with Crippen LogP contribution >= 0.6 is 35.0 Å². The van der Waals surface area contributed by atoms with Crippen molar-refractivity contribution in [2.45, 2.75) is 31.5 Å². The molecule has 35 heavy (non-hydrogen) atoms. The van der Waals surface area contributed by atoms with Gasteiger partial charge in [-0.15, -0.1) is 10.2 Å². The zero-order chi connectivity index (χ0) is 24.9. The Bertz CT molecular complexity index is 1340. The fourth-order valence-corrected chi connectivity index (χ4v) is 4.86. The summed E-state index contributed by atoms with van der Waals surface area (Å²) in [6.07, 6.45) is 0. The third kappa shape index (κ3) is 6.04. The summed E-state index contributed by atoms with van der Waals surface area (Å²) in [5.74, 6) is 0.468. The monoisotopic (exact) mass is 528 g/mol. The molecule has 180 valence electrons. The first kappa shape index (κ1) is 25.2. The second kappa shape index (κ2) is 11.2. The third-order valence-corrected chi connectivity index (χ3v) is 6.82. The Labute approximate surface area is 217 Å². The van der Waals surface area contributed by atoms with Gasteiger partial charge >= 0.3 is 0 Å². The molecule has 1 N–H and O–H groups in total. The number of nitrogens with zero attached hydrogens (tertiary/aromatic N) is 3. The van der Waals surface area contributed by atoms with Gasteiger partial charge in [0.2, 0.25) is 5.91 Å². The lowest BCUT2D eigenvalue weighted by atomic mass is 10.0. The van der Waals surface area contributed by atoms with E-state index < -0.39 is 0 Å². The molecule has 0 spiro atoms. The molecule has 4 aromatic rings. The molecule has 3 aromatic carbocycles. The highest BCUT2D eigenvalue weighted by molar-refractivity contribution is 7.99. The van der Waals surface area contributed by atoms with Gasteiger partial charge in [0.15, 0.2) is 11.0 Å². The number of nitrogens with one attached hydrogen (secondary N) is 1. The highest BCUT2D eigenvalue weighted by Gasteiger charge is 2.21. The van der Waals surface area contributed by atoms with Crippen LogP contribution in [0.3, 0.4) is 0 Å². The lowest BCUT2D eigenvalue weighted by molar-refractivity contribution is -0.118. The Hall–Kier alpha value is -2.87. The minimum absolute atomic E-state index is 0.136. The molecule has 0 aliphatic carbocycles. The first-order valence-electron chi connectivity index (χ1n) is 11.0. The van der Waals surface area contributed by atoms with Crippen molar-refractivity contribution in [1.82, 2.24) is 20.1 Å². The van der Waals surface area contributed by atoms with Crippen molar-refractivity contribution in [3.8, 4) is 17.1 Å². The number of carbonyl (C=O) groups excluding carboxylic acids is 1. The van der Waals surface area contributed by atoms with Crippen molar-refractivity contribution < 1.29 is 9.18 Å². The second-order valence-electron chi connectivity index (χ2n) is 8.17. The standard InChI is InChI=1S/C26H23Cl2FN4OS/c1-16(2)20-5-3-4-6-23(20)33-25(21-12-9-18(27)13-22(21)28)31-32-26(33)35-15-24(34)30-14-17-7-10-19(29)11-8-17/h3-13,16H,14-15H2,1-2H3,(H,30,34). The SMILES string of the molecule is CC(C)c1ccccc1-n1c(SCC(=O)NCc2ccc(F)cc2)nnc1-c1ccc(Cl)cc1Cl. The summed E-state index contributed by atoms with van der Waals surface area (Å²) in [7, 11) is 0. The molecule has 0 saturated carbocycles. The molecule has 0 radical (unpaired) electrons. The van der Waals surface area contributed by atoms with E-state index in [0.717, 1.165) is 16.8 Å². The smallest absolute Gasteiger partial charge is 0.230 e. The zero-order valence-corrected chi connectivity index (χ0v) is 21.5. The van der Waals surface area contributed by atoms with E-state index >= 15 is 0 Å². The van der Waals surface area contributed by atoms with E-state index in [1.807, 2.05) is 28.8 Å². The maximum absolute atomic E-state index is 13.1. The van der Waals surface area contributed by atoms with Crippen LogP contribution in [0.25, 0.3) is 17.1 Å². The van der Waals surface area contributed by atoms with Crippen LogP contribution in [-0.2, 0) is 11.3 Å². The lowest BCUT2D eigenvalue weighted by Gasteiger charge is -2.17. The summed E-state index contributed by atoms with van der Waals surface area (Å²) in [6.45, 7) is 4.55. The molecule has 1 heterocycles. The Morgan fingerprint density at radius 2 is 1.80 bits per heavy atom. The fraction of sp³-hybridized carbons (Fsp3) is 0.192. The molecular formula is C26H23Cl2FN4OS. The number of amides is 1. The van der Waals surface area contributed by atoms with Crippen molar-refractivity contribution in [3.05, 3.63) is 93.7 Å². The topological polar surface area (TPSA) is 59.8 Å². The number of benzene rings is 3. The van der Waals surface area contributed by atoms with Gasteiger partial charge in [0.1, 0.15) is 5.82 Å². The van der Waals surface area contributed by atoms with Crippen LogP contribution < -0.4 is 5.32 Å². The molecule has 4 rings (SSSR count). The van der Waals surface area contributed by atoms with E-state index in [9.17, 15) is 9.18 Å². The average Bonchev–Trinajstić information content (AvgIpc) is 3.25. The van der Waals surface area contributed by atoms with Crippen molar-refractivity contribution in [2.24, 2.45) is 0 Å². The molecule has 0 atom stereocenters. The van der Waals surface area contributed by atoms with Gasteiger partial charge in [-0.1, -0.05) is 79.1 Å². The summed E-state index contributed by atoms with van der Waals surface area (Å²) < 4.78 is 15.0. The van der Waals surface area contributed by atoms with Gasteiger partial charge in [-0.3, -0.25) is 9.36 Å². The van der Waals surface area contributed by atoms with Gasteiger partial charge in [-0.25, -0.2) is 4.39 Å². The van der Waals surface area contributed by atoms with Crippen molar-refractivity contribution in [3.63, 3.8) is 0 Å². The Balaban J connectivity index is 1.63. The minimum atomic E-state index is -0.312. The van der Waals surface area contributed by atoms with E-state index in [4.69, 9.17) is 23.2 Å². The van der Waals surface area contributed by atoms with Crippen LogP contribution in [0.15, 0.2) is 71.9 Å². The number of rotatable bonds is 8. The van der Waals surface area contributed by atoms with E-state index in [0.29, 0.717) is 33.1 Å². The maximum atomic E-state index is 13.1. The predicted molar refractivity (Wildman–Crippen MR) is 140 cm³/mol. The van der Waals surface area contributed by atoms with Crippen LogP contribution in [0.2, 0.25) is 10.0 Å². The zero-order valence-electron chi connectivity index (χ0n) is 19.1. The molecule has 0 aliphatic rings. The molecule has 9 heteroatoms. The van der Waals surface area contributed by atoms with Gasteiger partial charge in [0.25, 0.3) is 0 Å². The number of hydrogen-bond donors (Lipinski definition) is 1. The highest BCUT2D eigenvalue weighted by Crippen LogP contribution is 2.35. The van der Waals surface area contributed by atoms with Gasteiger partial charge in [0, 0.05) is 17.1 Å². The van der Waals surface area contributed by atoms with Crippen LogP contribution in [0, 0.1) is 5.82 Å². The van der Waals surface area contributed by atoms with Crippen LogP contribution in [0.5, 0.6) is 0 Å². The van der Waals surface area contributed by atoms with Crippen LogP contribution in [0.1, 0.15) is 30.9 Å². The average molecular weight is 529 g/mol. The van der Waals surface area contributed by atoms with E-state index in [1.54, 1.807) is 24.3 Å². The Kier molecular flexibility index (Phi) is 8.11. The van der Waals surface area contributed by atoms with E-state index in [1.165, 1.54) is 23.9 Å². The van der Waals surface area contributed by atoms with Gasteiger partial charge in [0.05, 0.1) is 16.5 Å². The molecule has 0 aliphatic heterocycles. The summed E-state index contributed by atoms with van der Waals surface area (Å²) in [4.78, 5) is 12.5. The Morgan fingerprint density at radius 1 is 1.06 bits per heavy atom. The predicted octanol–water partition coefficient (Wildman–Crippen LogP) is 6.91. The molecule has 1 aromatic heterocycles. The van der Waals surface area contributed by atoms with Crippen LogP contribution in [0.4, 0.5) is 4.39 Å². The molecule has 0 bridgehead atoms. The molecule has 0 unspecified atom stereocenters. The van der Waals surface area contributed by atoms with E-state index in [-0.39, 0.29) is 23.4 Å².